The Labute approximate surface area is 54.8 Å². The summed E-state index contributed by atoms with van der Waals surface area (Å²) >= 11 is 0. The molecule has 0 atom stereocenters. The van der Waals surface area contributed by atoms with Crippen LogP contribution in [0.3, 0.4) is 0 Å². The van der Waals surface area contributed by atoms with E-state index < -0.39 is 0 Å². The molecule has 0 unspecified atom stereocenters. The second-order valence-corrected chi connectivity index (χ2v) is 1.62. The van der Waals surface area contributed by atoms with Crippen LogP contribution in [0.25, 0.3) is 0 Å². The Morgan fingerprint density at radius 3 is 2.56 bits per heavy atom. The minimum atomic E-state index is -0.370. The van der Waals surface area contributed by atoms with Crippen molar-refractivity contribution in [2.24, 2.45) is 0 Å². The minimum absolute atomic E-state index is 0.370. The van der Waals surface area contributed by atoms with Gasteiger partial charge in [0.15, 0.2) is 0 Å². The summed E-state index contributed by atoms with van der Waals surface area (Å²) < 4.78 is 4.57. The van der Waals surface area contributed by atoms with E-state index in [1.807, 2.05) is 0 Å². The number of carbonyl (C=O) groups excluding carboxylic acids is 1. The molecule has 0 heterocycles. The molecule has 9 heavy (non-hydrogen) atoms. The van der Waals surface area contributed by atoms with Gasteiger partial charge in [-0.2, -0.15) is 0 Å². The Kier molecular flexibility index (Phi) is 3.44. The third-order valence-electron chi connectivity index (χ3n) is 0.578. The first-order chi connectivity index (χ1) is 4.16. The highest BCUT2D eigenvalue weighted by Gasteiger charge is 1.92. The smallest absolute Gasteiger partial charge is 0.335 e. The van der Waals surface area contributed by atoms with Crippen molar-refractivity contribution in [1.82, 2.24) is 0 Å². The van der Waals surface area contributed by atoms with E-state index in [-0.39, 0.29) is 5.97 Å². The lowest BCUT2D eigenvalue weighted by Gasteiger charge is -1.95. The summed E-state index contributed by atoms with van der Waals surface area (Å²) in [6, 6.07) is 0. The number of allylic oxidation sites excluding steroid dienone is 2. The molecule has 0 aromatic carbocycles. The van der Waals surface area contributed by atoms with Gasteiger partial charge < -0.3 is 4.74 Å². The molecule has 0 rings (SSSR count). The van der Waals surface area contributed by atoms with Gasteiger partial charge in [0.2, 0.25) is 0 Å². The van der Waals surface area contributed by atoms with Crippen molar-refractivity contribution in [3.8, 4) is 0 Å². The molecule has 0 amide bonds. The van der Waals surface area contributed by atoms with Gasteiger partial charge in [0.05, 0.1) is 5.76 Å². The zero-order valence-electron chi connectivity index (χ0n) is 5.68. The zero-order valence-corrected chi connectivity index (χ0v) is 5.68. The third kappa shape index (κ3) is 4.81. The number of carbonyl (C=O) groups is 1. The fraction of sp³-hybridized carbons (Fsp3) is 0.286. The Balaban J connectivity index is 3.64. The van der Waals surface area contributed by atoms with Crippen molar-refractivity contribution in [3.63, 3.8) is 0 Å². The highest BCUT2D eigenvalue weighted by atomic mass is 16.5. The summed E-state index contributed by atoms with van der Waals surface area (Å²) in [5.41, 5.74) is 0. The van der Waals surface area contributed by atoms with Crippen molar-refractivity contribution in [2.45, 2.75) is 13.8 Å². The van der Waals surface area contributed by atoms with E-state index in [0.29, 0.717) is 5.76 Å². The molecular weight excluding hydrogens is 116 g/mol. The van der Waals surface area contributed by atoms with E-state index >= 15 is 0 Å². The summed E-state index contributed by atoms with van der Waals surface area (Å²) in [5, 5.41) is 0. The van der Waals surface area contributed by atoms with E-state index in [2.05, 4.69) is 11.3 Å². The Morgan fingerprint density at radius 1 is 1.67 bits per heavy atom. The molecule has 50 valence electrons. The van der Waals surface area contributed by atoms with Crippen LogP contribution in [0, 0.1) is 0 Å². The van der Waals surface area contributed by atoms with Gasteiger partial charge in [-0.15, -0.1) is 0 Å². The average molecular weight is 126 g/mol. The highest BCUT2D eigenvalue weighted by Crippen LogP contribution is 1.91. The Hall–Kier alpha value is -1.05. The molecule has 0 aliphatic carbocycles. The number of ether oxygens (including phenoxy) is 1. The van der Waals surface area contributed by atoms with Crippen LogP contribution < -0.4 is 0 Å². The molecule has 0 aliphatic rings. The SMILES string of the molecule is C=C(C)OC(=O)C=CC. The Bertz CT molecular complexity index is 145. The number of rotatable bonds is 2. The quantitative estimate of drug-likeness (QED) is 0.319. The summed E-state index contributed by atoms with van der Waals surface area (Å²) in [5.74, 6) is 0.0445. The first kappa shape index (κ1) is 7.95. The molecule has 2 heteroatoms. The van der Waals surface area contributed by atoms with Crippen LogP contribution in [0.2, 0.25) is 0 Å². The maximum Gasteiger partial charge on any atom is 0.335 e. The lowest BCUT2D eigenvalue weighted by atomic mass is 10.5. The van der Waals surface area contributed by atoms with Crippen LogP contribution in [0.4, 0.5) is 0 Å². The maximum absolute atomic E-state index is 10.5. The predicted molar refractivity (Wildman–Crippen MR) is 35.7 cm³/mol. The third-order valence-corrected chi connectivity index (χ3v) is 0.578. The van der Waals surface area contributed by atoms with Crippen LogP contribution in [0.15, 0.2) is 24.5 Å². The monoisotopic (exact) mass is 126 g/mol. The predicted octanol–water partition coefficient (Wildman–Crippen LogP) is 1.64. The van der Waals surface area contributed by atoms with Gasteiger partial charge in [0.25, 0.3) is 0 Å². The summed E-state index contributed by atoms with van der Waals surface area (Å²) in [6.45, 7) is 6.78. The van der Waals surface area contributed by atoms with Gasteiger partial charge >= 0.3 is 5.97 Å². The molecule has 0 saturated heterocycles. The first-order valence-electron chi connectivity index (χ1n) is 2.67. The molecule has 0 bridgehead atoms. The second kappa shape index (κ2) is 3.89. The lowest BCUT2D eigenvalue weighted by molar-refractivity contribution is -0.133. The van der Waals surface area contributed by atoms with Crippen molar-refractivity contribution in [1.29, 1.82) is 0 Å². The van der Waals surface area contributed by atoms with Gasteiger partial charge in [-0.3, -0.25) is 0 Å². The first-order valence-corrected chi connectivity index (χ1v) is 2.67. The van der Waals surface area contributed by atoms with Crippen molar-refractivity contribution < 1.29 is 9.53 Å². The summed E-state index contributed by atoms with van der Waals surface area (Å²) in [6.07, 6.45) is 2.96. The fourth-order valence-electron chi connectivity index (χ4n) is 0.342. The van der Waals surface area contributed by atoms with Crippen molar-refractivity contribution >= 4 is 5.97 Å². The average Bonchev–Trinajstić information content (AvgIpc) is 1.63. The van der Waals surface area contributed by atoms with Crippen LogP contribution in [0.5, 0.6) is 0 Å². The standard InChI is InChI=1S/C7H10O2/c1-4-5-7(8)9-6(2)3/h4-5H,2H2,1,3H3. The molecule has 0 aromatic rings. The fourth-order valence-corrected chi connectivity index (χ4v) is 0.342. The Morgan fingerprint density at radius 2 is 2.22 bits per heavy atom. The molecule has 0 saturated carbocycles. The van der Waals surface area contributed by atoms with Crippen molar-refractivity contribution in [3.05, 3.63) is 24.5 Å². The molecule has 0 N–H and O–H groups in total. The summed E-state index contributed by atoms with van der Waals surface area (Å²) in [4.78, 5) is 10.5. The molecular formula is C7H10O2. The van der Waals surface area contributed by atoms with Gasteiger partial charge in [0.1, 0.15) is 0 Å². The van der Waals surface area contributed by atoms with Gasteiger partial charge in [-0.1, -0.05) is 12.7 Å². The van der Waals surface area contributed by atoms with Crippen LogP contribution in [0.1, 0.15) is 13.8 Å². The lowest BCUT2D eigenvalue weighted by Crippen LogP contribution is -1.96. The number of esters is 1. The van der Waals surface area contributed by atoms with E-state index in [9.17, 15) is 4.79 Å². The van der Waals surface area contributed by atoms with E-state index in [1.165, 1.54) is 6.08 Å². The van der Waals surface area contributed by atoms with E-state index in [0.717, 1.165) is 0 Å². The van der Waals surface area contributed by atoms with Gasteiger partial charge in [-0.25, -0.2) is 4.79 Å². The van der Waals surface area contributed by atoms with E-state index in [1.54, 1.807) is 19.9 Å². The topological polar surface area (TPSA) is 26.3 Å². The largest absolute Gasteiger partial charge is 0.429 e. The molecule has 0 spiro atoms. The van der Waals surface area contributed by atoms with Crippen molar-refractivity contribution in [2.75, 3.05) is 0 Å². The summed E-state index contributed by atoms with van der Waals surface area (Å²) in [7, 11) is 0. The molecule has 0 aliphatic heterocycles. The van der Waals surface area contributed by atoms with Crippen LogP contribution >= 0.6 is 0 Å². The van der Waals surface area contributed by atoms with Gasteiger partial charge in [-0.05, 0) is 13.8 Å². The van der Waals surface area contributed by atoms with Gasteiger partial charge in [0, 0.05) is 6.08 Å². The molecule has 0 fully saturated rings. The maximum atomic E-state index is 10.5. The van der Waals surface area contributed by atoms with Crippen LogP contribution in [-0.4, -0.2) is 5.97 Å². The normalized spacial score (nSPS) is 9.56. The minimum Gasteiger partial charge on any atom is -0.429 e. The molecule has 0 aromatic heterocycles. The highest BCUT2D eigenvalue weighted by molar-refractivity contribution is 5.82. The number of hydrogen-bond acceptors (Lipinski definition) is 2. The number of hydrogen-bond donors (Lipinski definition) is 0. The van der Waals surface area contributed by atoms with E-state index in [4.69, 9.17) is 0 Å². The molecule has 2 nitrogen and oxygen atoms in total. The second-order valence-electron chi connectivity index (χ2n) is 1.62. The zero-order chi connectivity index (χ0) is 7.28. The molecule has 0 radical (unpaired) electrons. The van der Waals surface area contributed by atoms with Crippen LogP contribution in [-0.2, 0) is 9.53 Å².